The normalized spacial score (nSPS) is 11.4. The van der Waals surface area contributed by atoms with Crippen LogP contribution in [0.15, 0.2) is 36.4 Å². The van der Waals surface area contributed by atoms with Gasteiger partial charge in [-0.3, -0.25) is 4.79 Å². The van der Waals surface area contributed by atoms with Gasteiger partial charge in [0.15, 0.2) is 6.10 Å². The number of amides is 1. The van der Waals surface area contributed by atoms with Gasteiger partial charge in [-0.15, -0.1) is 0 Å². The van der Waals surface area contributed by atoms with Gasteiger partial charge in [-0.05, 0) is 56.2 Å². The maximum Gasteiger partial charge on any atom is 0.347 e. The highest BCUT2D eigenvalue weighted by atomic mass is 35.5. The smallest absolute Gasteiger partial charge is 0.347 e. The summed E-state index contributed by atoms with van der Waals surface area (Å²) in [6.45, 7) is 7.78. The zero-order valence-electron chi connectivity index (χ0n) is 25.3. The second-order valence-corrected chi connectivity index (χ2v) is 10.7. The summed E-state index contributed by atoms with van der Waals surface area (Å²) in [4.78, 5) is 36.0. The molecule has 2 aromatic carbocycles. The first kappa shape index (κ1) is 34.7. The summed E-state index contributed by atoms with van der Waals surface area (Å²) >= 11 is 6.05. The topological polar surface area (TPSA) is 123 Å². The Bertz CT molecular complexity index is 1260. The quantitative estimate of drug-likeness (QED) is 0.126. The number of nitrogens with zero attached hydrogens (tertiary/aromatic N) is 2. The van der Waals surface area contributed by atoms with Crippen molar-refractivity contribution in [2.75, 3.05) is 11.9 Å². The number of aryl methyl sites for hydroxylation is 1. The molecule has 3 rings (SSSR count). The summed E-state index contributed by atoms with van der Waals surface area (Å²) in [5.41, 5.74) is 3.58. The van der Waals surface area contributed by atoms with Crippen molar-refractivity contribution >= 4 is 46.2 Å². The minimum absolute atomic E-state index is 0.190. The van der Waals surface area contributed by atoms with Gasteiger partial charge in [-0.1, -0.05) is 89.3 Å². The molecule has 1 aromatic heterocycles. The molecule has 3 aromatic rings. The molecule has 0 bridgehead atoms. The van der Waals surface area contributed by atoms with E-state index in [9.17, 15) is 14.4 Å². The van der Waals surface area contributed by atoms with Gasteiger partial charge in [0.2, 0.25) is 5.91 Å². The third kappa shape index (κ3) is 13.0. The third-order valence-corrected chi connectivity index (χ3v) is 6.96. The highest BCUT2D eigenvalue weighted by Gasteiger charge is 2.21. The lowest BCUT2D eigenvalue weighted by Crippen LogP contribution is -2.26. The number of carbonyl (C=O) groups is 3. The Morgan fingerprint density at radius 1 is 0.881 bits per heavy atom. The van der Waals surface area contributed by atoms with Crippen molar-refractivity contribution in [1.82, 2.24) is 15.4 Å². The van der Waals surface area contributed by atoms with Gasteiger partial charge in [-0.25, -0.2) is 9.59 Å². The van der Waals surface area contributed by atoms with Crippen LogP contribution in [0.4, 0.5) is 5.69 Å². The molecule has 10 heteroatoms. The number of aromatic amines is 1. The van der Waals surface area contributed by atoms with Crippen molar-refractivity contribution in [3.05, 3.63) is 52.5 Å². The Kier molecular flexibility index (Phi) is 16.2. The van der Waals surface area contributed by atoms with E-state index in [2.05, 4.69) is 27.7 Å². The standard InChI is InChI=1S/C25H38ClNO5.C7H7N3/c1-4-6-7-8-9-10-11-12-13-14-17-31-24(29)19(3)32-25(30)20-15-16-21(26)22(18-20)27-23(28)5-2;1-5-2-3-6-7(4-5)9-10-8-6/h15-16,18-19H,4-14,17H2,1-3H3,(H,27,28);2-4H,1H3,(H,8,9,10). The molecule has 0 aliphatic heterocycles. The Hall–Kier alpha value is -3.46. The number of hydrogen-bond donors (Lipinski definition) is 2. The zero-order valence-corrected chi connectivity index (χ0v) is 26.1. The monoisotopic (exact) mass is 600 g/mol. The number of unbranched alkanes of at least 4 members (excludes halogenated alkanes) is 9. The summed E-state index contributed by atoms with van der Waals surface area (Å²) < 4.78 is 10.4. The Morgan fingerprint density at radius 3 is 2.19 bits per heavy atom. The highest BCUT2D eigenvalue weighted by molar-refractivity contribution is 6.33. The van der Waals surface area contributed by atoms with E-state index in [0.717, 1.165) is 30.3 Å². The first-order chi connectivity index (χ1) is 20.2. The van der Waals surface area contributed by atoms with E-state index in [-0.39, 0.29) is 17.9 Å². The Morgan fingerprint density at radius 2 is 1.52 bits per heavy atom. The van der Waals surface area contributed by atoms with Crippen molar-refractivity contribution < 1.29 is 23.9 Å². The van der Waals surface area contributed by atoms with E-state index in [1.54, 1.807) is 6.92 Å². The second-order valence-electron chi connectivity index (χ2n) is 10.3. The van der Waals surface area contributed by atoms with E-state index >= 15 is 0 Å². The van der Waals surface area contributed by atoms with Gasteiger partial charge in [0, 0.05) is 6.42 Å². The van der Waals surface area contributed by atoms with Crippen LogP contribution in [0.5, 0.6) is 0 Å². The fourth-order valence-corrected chi connectivity index (χ4v) is 4.26. The molecule has 0 aliphatic carbocycles. The first-order valence-corrected chi connectivity index (χ1v) is 15.4. The molecule has 0 saturated heterocycles. The number of hydrogen-bond acceptors (Lipinski definition) is 7. The molecule has 0 spiro atoms. The lowest BCUT2D eigenvalue weighted by atomic mass is 10.1. The summed E-state index contributed by atoms with van der Waals surface area (Å²) in [5, 5.41) is 13.4. The minimum atomic E-state index is -1.02. The van der Waals surface area contributed by atoms with Crippen molar-refractivity contribution in [3.8, 4) is 0 Å². The highest BCUT2D eigenvalue weighted by Crippen LogP contribution is 2.24. The lowest BCUT2D eigenvalue weighted by molar-refractivity contribution is -0.153. The molecule has 1 unspecified atom stereocenters. The molecule has 230 valence electrons. The Labute approximate surface area is 254 Å². The molecular weight excluding hydrogens is 556 g/mol. The molecule has 42 heavy (non-hydrogen) atoms. The second kappa shape index (κ2) is 19.6. The van der Waals surface area contributed by atoms with Crippen molar-refractivity contribution in [3.63, 3.8) is 0 Å². The average molecular weight is 601 g/mol. The first-order valence-electron chi connectivity index (χ1n) is 15.0. The molecule has 2 N–H and O–H groups in total. The molecule has 1 amide bonds. The molecule has 0 fully saturated rings. The van der Waals surface area contributed by atoms with E-state index in [4.69, 9.17) is 21.1 Å². The molecule has 9 nitrogen and oxygen atoms in total. The van der Waals surface area contributed by atoms with Crippen LogP contribution in [-0.4, -0.2) is 46.0 Å². The molecule has 0 aliphatic rings. The average Bonchev–Trinajstić information content (AvgIpc) is 3.44. The maximum atomic E-state index is 12.4. The number of ether oxygens (including phenoxy) is 2. The largest absolute Gasteiger partial charge is 0.463 e. The summed E-state index contributed by atoms with van der Waals surface area (Å²) in [7, 11) is 0. The van der Waals surface area contributed by atoms with Crippen LogP contribution in [0, 0.1) is 6.92 Å². The number of rotatable bonds is 16. The van der Waals surface area contributed by atoms with E-state index in [1.165, 1.54) is 75.6 Å². The van der Waals surface area contributed by atoms with Gasteiger partial charge in [0.1, 0.15) is 11.0 Å². The molecule has 1 atom stereocenters. The number of fused-ring (bicyclic) bond motifs is 1. The van der Waals surface area contributed by atoms with Crippen LogP contribution in [0.2, 0.25) is 5.02 Å². The van der Waals surface area contributed by atoms with Gasteiger partial charge in [-0.2, -0.15) is 15.4 Å². The lowest BCUT2D eigenvalue weighted by Gasteiger charge is -2.14. The number of H-pyrrole nitrogens is 1. The maximum absolute atomic E-state index is 12.4. The van der Waals surface area contributed by atoms with Crippen LogP contribution in [0.3, 0.4) is 0 Å². The van der Waals surface area contributed by atoms with E-state index in [0.29, 0.717) is 17.3 Å². The SMILES string of the molecule is CCCCCCCCCCCCOC(=O)C(C)OC(=O)c1ccc(Cl)c(NC(=O)CC)c1.Cc1ccc2n[nH]nc2c1. The van der Waals surface area contributed by atoms with Crippen molar-refractivity contribution in [1.29, 1.82) is 0 Å². The van der Waals surface area contributed by atoms with E-state index < -0.39 is 18.0 Å². The number of halogens is 1. The Balaban J connectivity index is 0.000000508. The number of esters is 2. The van der Waals surface area contributed by atoms with Crippen LogP contribution < -0.4 is 5.32 Å². The molecular formula is C32H45ClN4O5. The number of carbonyl (C=O) groups excluding carboxylic acids is 3. The summed E-state index contributed by atoms with van der Waals surface area (Å²) in [5.74, 6) is -1.47. The number of anilines is 1. The predicted octanol–water partition coefficient (Wildman–Crippen LogP) is 7.96. The minimum Gasteiger partial charge on any atom is -0.463 e. The van der Waals surface area contributed by atoms with Crippen molar-refractivity contribution in [2.24, 2.45) is 0 Å². The van der Waals surface area contributed by atoms with Crippen LogP contribution in [-0.2, 0) is 19.1 Å². The van der Waals surface area contributed by atoms with Gasteiger partial charge in [0.25, 0.3) is 0 Å². The number of aromatic nitrogens is 3. The van der Waals surface area contributed by atoms with Crippen molar-refractivity contribution in [2.45, 2.75) is 104 Å². The fourth-order valence-electron chi connectivity index (χ4n) is 4.09. The summed E-state index contributed by atoms with van der Waals surface area (Å²) in [6.07, 6.45) is 11.3. The van der Waals surface area contributed by atoms with Gasteiger partial charge < -0.3 is 14.8 Å². The predicted molar refractivity (Wildman–Crippen MR) is 167 cm³/mol. The van der Waals surface area contributed by atoms with Gasteiger partial charge >= 0.3 is 11.9 Å². The van der Waals surface area contributed by atoms with Crippen LogP contribution in [0.1, 0.15) is 107 Å². The molecule has 1 heterocycles. The number of benzene rings is 2. The van der Waals surface area contributed by atoms with Crippen LogP contribution in [0.25, 0.3) is 11.0 Å². The van der Waals surface area contributed by atoms with Crippen LogP contribution >= 0.6 is 11.6 Å². The zero-order chi connectivity index (χ0) is 30.7. The molecule has 0 saturated carbocycles. The van der Waals surface area contributed by atoms with E-state index in [1.807, 2.05) is 25.1 Å². The molecule has 0 radical (unpaired) electrons. The fraction of sp³-hybridized carbons (Fsp3) is 0.531. The third-order valence-electron chi connectivity index (χ3n) is 6.63. The number of nitrogens with one attached hydrogen (secondary N) is 2. The van der Waals surface area contributed by atoms with Gasteiger partial charge in [0.05, 0.1) is 22.9 Å². The summed E-state index contributed by atoms with van der Waals surface area (Å²) in [6, 6.07) is 10.4.